The molecule has 2 heterocycles. The van der Waals surface area contributed by atoms with E-state index in [4.69, 9.17) is 0 Å². The highest BCUT2D eigenvalue weighted by Gasteiger charge is 2.37. The number of benzene rings is 1. The quantitative estimate of drug-likeness (QED) is 0.483. The van der Waals surface area contributed by atoms with Crippen molar-refractivity contribution in [3.8, 4) is 0 Å². The number of aromatic nitrogens is 4. The number of thioether (sulfide) groups is 1. The zero-order chi connectivity index (χ0) is 21.3. The van der Waals surface area contributed by atoms with Gasteiger partial charge in [0.2, 0.25) is 5.91 Å². The van der Waals surface area contributed by atoms with E-state index < -0.39 is 23.7 Å². The first kappa shape index (κ1) is 21.0. The first-order valence-corrected chi connectivity index (χ1v) is 9.08. The van der Waals surface area contributed by atoms with Crippen LogP contribution in [0.1, 0.15) is 22.8 Å². The number of rotatable bonds is 5. The first-order valence-electron chi connectivity index (χ1n) is 8.20. The predicted molar refractivity (Wildman–Crippen MR) is 95.9 cm³/mol. The number of fused-ring (bicyclic) bond motifs is 1. The summed E-state index contributed by atoms with van der Waals surface area (Å²) < 4.78 is 64.8. The maximum absolute atomic E-state index is 12.9. The third kappa shape index (κ3) is 4.63. The number of para-hydroxylation sites is 1. The molecule has 0 aliphatic heterocycles. The van der Waals surface area contributed by atoms with Crippen molar-refractivity contribution < 1.29 is 26.7 Å². The van der Waals surface area contributed by atoms with Crippen molar-refractivity contribution in [2.24, 2.45) is 0 Å². The van der Waals surface area contributed by atoms with Gasteiger partial charge in [-0.2, -0.15) is 26.9 Å². The van der Waals surface area contributed by atoms with Crippen molar-refractivity contribution in [3.63, 3.8) is 0 Å². The molecule has 2 aromatic heterocycles. The summed E-state index contributed by atoms with van der Waals surface area (Å²) in [7, 11) is 0. The van der Waals surface area contributed by atoms with E-state index >= 15 is 0 Å². The van der Waals surface area contributed by atoms with Crippen LogP contribution >= 0.6 is 11.8 Å². The van der Waals surface area contributed by atoms with Crippen LogP contribution in [0.25, 0.3) is 5.78 Å². The number of amides is 1. The molecule has 154 valence electrons. The molecule has 0 aliphatic rings. The molecule has 0 atom stereocenters. The van der Waals surface area contributed by atoms with Gasteiger partial charge < -0.3 is 5.32 Å². The van der Waals surface area contributed by atoms with E-state index in [0.717, 1.165) is 4.52 Å². The fourth-order valence-electron chi connectivity index (χ4n) is 2.71. The summed E-state index contributed by atoms with van der Waals surface area (Å²) >= 11 is 0.297. The first-order chi connectivity index (χ1) is 13.6. The number of nitrogens with zero attached hydrogens (tertiary/aromatic N) is 4. The monoisotopic (exact) mass is 431 g/mol. The second-order valence-electron chi connectivity index (χ2n) is 6.01. The molecule has 3 rings (SSSR count). The standard InChI is InChI=1S/C17H14F5N5OS/c1-8-10(9(2)27-16(23-8)25-14(26-27)17(20,21)22)7-13(28)24-11-5-3-4-6-12(11)29-15(18)19/h3-6,15H,7H2,1-2H3,(H,24,28). The summed E-state index contributed by atoms with van der Waals surface area (Å²) in [5, 5.41) is 5.97. The fourth-order valence-corrected chi connectivity index (χ4v) is 3.30. The number of alkyl halides is 5. The molecule has 0 saturated carbocycles. The molecule has 1 amide bonds. The Morgan fingerprint density at radius 3 is 2.55 bits per heavy atom. The number of carbonyl (C=O) groups is 1. The Morgan fingerprint density at radius 2 is 1.90 bits per heavy atom. The van der Waals surface area contributed by atoms with Gasteiger partial charge in [-0.15, -0.1) is 5.10 Å². The van der Waals surface area contributed by atoms with Crippen LogP contribution in [0.4, 0.5) is 27.6 Å². The van der Waals surface area contributed by atoms with Crippen molar-refractivity contribution >= 4 is 29.1 Å². The van der Waals surface area contributed by atoms with Crippen molar-refractivity contribution in [1.82, 2.24) is 19.6 Å². The molecule has 0 spiro atoms. The molecule has 0 bridgehead atoms. The largest absolute Gasteiger partial charge is 0.453 e. The Labute approximate surface area is 165 Å². The van der Waals surface area contributed by atoms with Crippen molar-refractivity contribution in [2.75, 3.05) is 5.32 Å². The van der Waals surface area contributed by atoms with Crippen LogP contribution in [0.3, 0.4) is 0 Å². The van der Waals surface area contributed by atoms with Crippen LogP contribution in [0.15, 0.2) is 29.2 Å². The summed E-state index contributed by atoms with van der Waals surface area (Å²) in [6, 6.07) is 6.08. The van der Waals surface area contributed by atoms with E-state index in [1.165, 1.54) is 26.0 Å². The Bertz CT molecular complexity index is 1070. The highest BCUT2D eigenvalue weighted by molar-refractivity contribution is 7.99. The van der Waals surface area contributed by atoms with Crippen molar-refractivity contribution in [2.45, 2.75) is 37.1 Å². The molecule has 0 saturated heterocycles. The average Bonchev–Trinajstić information content (AvgIpc) is 3.04. The summed E-state index contributed by atoms with van der Waals surface area (Å²) in [4.78, 5) is 20.0. The Balaban J connectivity index is 1.88. The number of anilines is 1. The predicted octanol–water partition coefficient (Wildman–Crippen LogP) is 4.26. The molecular formula is C17H14F5N5OS. The number of aryl methyl sites for hydroxylation is 2. The highest BCUT2D eigenvalue weighted by Crippen LogP contribution is 2.32. The van der Waals surface area contributed by atoms with E-state index in [2.05, 4.69) is 20.4 Å². The van der Waals surface area contributed by atoms with Crippen LogP contribution in [-0.2, 0) is 17.4 Å². The lowest BCUT2D eigenvalue weighted by atomic mass is 10.1. The van der Waals surface area contributed by atoms with Crippen molar-refractivity contribution in [3.05, 3.63) is 47.0 Å². The van der Waals surface area contributed by atoms with E-state index in [-0.39, 0.29) is 28.5 Å². The third-order valence-electron chi connectivity index (χ3n) is 4.02. The molecule has 29 heavy (non-hydrogen) atoms. The van der Waals surface area contributed by atoms with Gasteiger partial charge in [-0.25, -0.2) is 9.50 Å². The normalized spacial score (nSPS) is 12.0. The highest BCUT2D eigenvalue weighted by atomic mass is 32.2. The van der Waals surface area contributed by atoms with E-state index in [0.29, 0.717) is 23.0 Å². The van der Waals surface area contributed by atoms with Gasteiger partial charge >= 0.3 is 6.18 Å². The fraction of sp³-hybridized carbons (Fsp3) is 0.294. The number of hydrogen-bond acceptors (Lipinski definition) is 5. The maximum Gasteiger partial charge on any atom is 0.453 e. The molecule has 6 nitrogen and oxygen atoms in total. The van der Waals surface area contributed by atoms with Gasteiger partial charge in [0.15, 0.2) is 0 Å². The number of hydrogen-bond donors (Lipinski definition) is 1. The summed E-state index contributed by atoms with van der Waals surface area (Å²) in [6.45, 7) is 3.04. The molecule has 12 heteroatoms. The van der Waals surface area contributed by atoms with Gasteiger partial charge in [-0.3, -0.25) is 4.79 Å². The van der Waals surface area contributed by atoms with Gasteiger partial charge in [0, 0.05) is 21.8 Å². The van der Waals surface area contributed by atoms with Crippen molar-refractivity contribution in [1.29, 1.82) is 0 Å². The third-order valence-corrected chi connectivity index (χ3v) is 4.81. The SMILES string of the molecule is Cc1nc2nc(C(F)(F)F)nn2c(C)c1CC(=O)Nc1ccccc1SC(F)F. The van der Waals surface area contributed by atoms with E-state index in [1.54, 1.807) is 12.1 Å². The van der Waals surface area contributed by atoms with E-state index in [9.17, 15) is 26.7 Å². The van der Waals surface area contributed by atoms with Crippen LogP contribution in [0.5, 0.6) is 0 Å². The van der Waals surface area contributed by atoms with Crippen LogP contribution in [0, 0.1) is 13.8 Å². The second-order valence-corrected chi connectivity index (χ2v) is 7.04. The summed E-state index contributed by atoms with van der Waals surface area (Å²) in [5.41, 5.74) is 1.18. The zero-order valence-electron chi connectivity index (χ0n) is 15.1. The smallest absolute Gasteiger partial charge is 0.325 e. The maximum atomic E-state index is 12.9. The molecule has 1 N–H and O–H groups in total. The topological polar surface area (TPSA) is 72.2 Å². The molecule has 0 aliphatic carbocycles. The number of halogens is 5. The minimum absolute atomic E-state index is 0.198. The number of nitrogens with one attached hydrogen (secondary N) is 1. The van der Waals surface area contributed by atoms with E-state index in [1.807, 2.05) is 0 Å². The summed E-state index contributed by atoms with van der Waals surface area (Å²) in [6.07, 6.45) is -4.95. The second kappa shape index (κ2) is 7.93. The van der Waals surface area contributed by atoms with Crippen LogP contribution in [0.2, 0.25) is 0 Å². The molecule has 3 aromatic rings. The number of carbonyl (C=O) groups excluding carboxylic acids is 1. The molecule has 0 unspecified atom stereocenters. The Morgan fingerprint density at radius 1 is 1.21 bits per heavy atom. The minimum atomic E-state index is -4.72. The Kier molecular flexibility index (Phi) is 5.73. The lowest BCUT2D eigenvalue weighted by molar-refractivity contribution is -0.144. The van der Waals surface area contributed by atoms with Gasteiger partial charge in [0.25, 0.3) is 17.4 Å². The lowest BCUT2D eigenvalue weighted by Crippen LogP contribution is -2.18. The average molecular weight is 431 g/mol. The van der Waals surface area contributed by atoms with Gasteiger partial charge in [0.05, 0.1) is 12.1 Å². The van der Waals surface area contributed by atoms with Gasteiger partial charge in [-0.05, 0) is 26.0 Å². The minimum Gasteiger partial charge on any atom is -0.325 e. The zero-order valence-corrected chi connectivity index (χ0v) is 15.9. The molecule has 0 fully saturated rings. The summed E-state index contributed by atoms with van der Waals surface area (Å²) in [5.74, 6) is -4.74. The van der Waals surface area contributed by atoms with Crippen LogP contribution < -0.4 is 5.32 Å². The molecular weight excluding hydrogens is 417 g/mol. The molecule has 1 aromatic carbocycles. The van der Waals surface area contributed by atoms with Gasteiger partial charge in [-0.1, -0.05) is 23.9 Å². The Hall–Kier alpha value is -2.76. The molecule has 0 radical (unpaired) electrons. The lowest BCUT2D eigenvalue weighted by Gasteiger charge is -2.13. The van der Waals surface area contributed by atoms with Crippen LogP contribution in [-0.4, -0.2) is 31.2 Å². The van der Waals surface area contributed by atoms with Gasteiger partial charge in [0.1, 0.15) is 0 Å².